The standard InChI is InChI=1S/C74H90Cl2F2N8O22S2/c1-85-71-53(39-57(45-65(71)95-3)83-63-43-55(11-13-61(63)75)81-47-51-7-5-9-59(37-51)109(77,91)92)41-67(73(85)89)107-49-69(87)79-15-17-97-19-21-99-23-25-101-27-29-103-31-33-105-35-36-106-34-32-104-30-28-102-26-24-100-22-20-98-18-16-80-70(88)50-108-68-42-54-40-58(46-66(96-4)72(54)86(2)74(68)90)84-64-44-56(12-14-62(64)76)82-48-52-8-6-10-60(38-52)110(78,93)94/h5-14,37-46,81-84H,15-36,47-50H2,1-4H3,(H,79,87)(H,80,88). The Morgan fingerprint density at radius 1 is 0.400 bits per heavy atom. The number of aryl methyl sites for hydroxylation is 2. The molecule has 8 aromatic rings. The molecule has 0 aliphatic heterocycles. The van der Waals surface area contributed by atoms with Gasteiger partial charge in [0.1, 0.15) is 11.5 Å². The van der Waals surface area contributed by atoms with E-state index < -0.39 is 66.4 Å². The second kappa shape index (κ2) is 45.4. The van der Waals surface area contributed by atoms with Crippen LogP contribution in [-0.4, -0.2) is 210 Å². The van der Waals surface area contributed by atoms with E-state index in [1.807, 2.05) is 0 Å². The molecule has 30 nitrogen and oxygen atoms in total. The number of carbonyl (C=O) groups excluding carboxylic acids is 2. The molecule has 6 aromatic carbocycles. The van der Waals surface area contributed by atoms with Gasteiger partial charge < -0.3 is 107 Å². The zero-order valence-electron chi connectivity index (χ0n) is 61.1. The molecule has 0 aliphatic rings. The van der Waals surface area contributed by atoms with Gasteiger partial charge in [0.15, 0.2) is 24.7 Å². The largest absolute Gasteiger partial charge is 0.494 e. The zero-order chi connectivity index (χ0) is 78.7. The fourth-order valence-corrected chi connectivity index (χ4v) is 12.0. The molecule has 0 saturated heterocycles. The van der Waals surface area contributed by atoms with Gasteiger partial charge in [-0.1, -0.05) is 47.5 Å². The van der Waals surface area contributed by atoms with Gasteiger partial charge in [0.25, 0.3) is 22.9 Å². The lowest BCUT2D eigenvalue weighted by molar-refractivity contribution is -0.124. The van der Waals surface area contributed by atoms with E-state index in [2.05, 4.69) is 31.9 Å². The predicted molar refractivity (Wildman–Crippen MR) is 410 cm³/mol. The summed E-state index contributed by atoms with van der Waals surface area (Å²) in [4.78, 5) is 51.1. The van der Waals surface area contributed by atoms with Gasteiger partial charge in [-0.25, -0.2) is 0 Å². The van der Waals surface area contributed by atoms with Gasteiger partial charge in [0.05, 0.1) is 189 Å². The van der Waals surface area contributed by atoms with Crippen LogP contribution in [0.1, 0.15) is 11.1 Å². The van der Waals surface area contributed by atoms with Gasteiger partial charge in [-0.05, 0) is 96.1 Å². The van der Waals surface area contributed by atoms with E-state index in [9.17, 15) is 43.8 Å². The van der Waals surface area contributed by atoms with E-state index in [0.717, 1.165) is 0 Å². The number of rotatable bonds is 53. The SMILES string of the molecule is COc1cc(Nc2cc(NCc3cccc(S(=O)(=O)F)c3)ccc2Cl)cc2cc(OCC(=O)NCCOCCOCCOCCOCCOCCOCCOCCOCCOCCOCCNC(=O)COc3cc4cc(Nc5cc(NCc6cccc(S(=O)(=O)F)c6)ccc5Cl)cc(OC)c4n(C)c3=O)c(=O)n(C)c12. The summed E-state index contributed by atoms with van der Waals surface area (Å²) < 4.78 is 154. The highest BCUT2D eigenvalue weighted by atomic mass is 35.5. The average Bonchev–Trinajstić information content (AvgIpc) is 0.774. The zero-order valence-corrected chi connectivity index (χ0v) is 64.3. The van der Waals surface area contributed by atoms with Crippen molar-refractivity contribution in [1.29, 1.82) is 0 Å². The second-order valence-electron chi connectivity index (χ2n) is 23.9. The average molecular weight is 1620 g/mol. The predicted octanol–water partition coefficient (Wildman–Crippen LogP) is 8.60. The molecule has 0 aliphatic carbocycles. The maximum absolute atomic E-state index is 13.6. The van der Waals surface area contributed by atoms with Crippen LogP contribution in [0.3, 0.4) is 0 Å². The van der Waals surface area contributed by atoms with Crippen molar-refractivity contribution in [3.8, 4) is 23.0 Å². The summed E-state index contributed by atoms with van der Waals surface area (Å²) in [5.74, 6) is -0.279. The number of methoxy groups -OCH3 is 2. The fraction of sp³-hybridized carbons (Fsp3) is 0.405. The number of ether oxygens (including phenoxy) is 14. The summed E-state index contributed by atoms with van der Waals surface area (Å²) >= 11 is 13.1. The van der Waals surface area contributed by atoms with Gasteiger partial charge in [-0.3, -0.25) is 19.2 Å². The third-order valence-electron chi connectivity index (χ3n) is 16.0. The molecular formula is C74H90Cl2F2N8O22S2. The highest BCUT2D eigenvalue weighted by Crippen LogP contribution is 2.37. The summed E-state index contributed by atoms with van der Waals surface area (Å²) in [5, 5.41) is 20.2. The molecular weight excluding hydrogens is 1530 g/mol. The number of pyridine rings is 2. The minimum Gasteiger partial charge on any atom is -0.494 e. The molecule has 6 N–H and O–H groups in total. The Kier molecular flexibility index (Phi) is 35.7. The van der Waals surface area contributed by atoms with Crippen LogP contribution in [0.5, 0.6) is 23.0 Å². The lowest BCUT2D eigenvalue weighted by Gasteiger charge is -2.16. The van der Waals surface area contributed by atoms with Crippen molar-refractivity contribution < 1.29 is 101 Å². The van der Waals surface area contributed by atoms with Crippen molar-refractivity contribution >= 4 is 111 Å². The van der Waals surface area contributed by atoms with Crippen LogP contribution in [0.15, 0.2) is 141 Å². The molecule has 0 atom stereocenters. The Labute approximate surface area is 645 Å². The third-order valence-corrected chi connectivity index (χ3v) is 18.3. The topological polar surface area (TPSA) is 348 Å². The van der Waals surface area contributed by atoms with Gasteiger partial charge in [-0.2, -0.15) is 16.8 Å². The molecule has 598 valence electrons. The normalized spacial score (nSPS) is 11.6. The lowest BCUT2D eigenvalue weighted by atomic mass is 10.1. The van der Waals surface area contributed by atoms with Crippen LogP contribution in [0.25, 0.3) is 21.8 Å². The van der Waals surface area contributed by atoms with Gasteiger partial charge >= 0.3 is 20.4 Å². The molecule has 0 saturated carbocycles. The second-order valence-corrected chi connectivity index (χ2v) is 27.4. The van der Waals surface area contributed by atoms with Crippen LogP contribution in [0.2, 0.25) is 10.0 Å². The third kappa shape index (κ3) is 28.7. The van der Waals surface area contributed by atoms with Crippen molar-refractivity contribution in [2.75, 3.05) is 194 Å². The summed E-state index contributed by atoms with van der Waals surface area (Å²) in [7, 11) is -3.64. The van der Waals surface area contributed by atoms with Crippen molar-refractivity contribution in [3.05, 3.63) is 163 Å². The molecule has 2 amide bonds. The highest BCUT2D eigenvalue weighted by molar-refractivity contribution is 7.86. The Morgan fingerprint density at radius 2 is 0.718 bits per heavy atom. The first-order valence-corrected chi connectivity index (χ1v) is 38.3. The van der Waals surface area contributed by atoms with Crippen molar-refractivity contribution in [2.45, 2.75) is 22.9 Å². The Hall–Kier alpha value is -8.98. The Morgan fingerprint density at radius 3 is 1.03 bits per heavy atom. The summed E-state index contributed by atoms with van der Waals surface area (Å²) in [6.45, 7) is 7.09. The molecule has 0 bridgehead atoms. The van der Waals surface area contributed by atoms with Crippen LogP contribution >= 0.6 is 23.2 Å². The number of amides is 2. The maximum atomic E-state index is 13.6. The highest BCUT2D eigenvalue weighted by Gasteiger charge is 2.20. The number of anilines is 6. The number of hydrogen-bond donors (Lipinski definition) is 6. The number of halogens is 4. The lowest BCUT2D eigenvalue weighted by Crippen LogP contribution is -2.33. The number of nitrogens with one attached hydrogen (secondary N) is 6. The van der Waals surface area contributed by atoms with E-state index in [0.29, 0.717) is 208 Å². The van der Waals surface area contributed by atoms with Gasteiger partial charge in [0, 0.05) is 85.9 Å². The van der Waals surface area contributed by atoms with E-state index in [1.165, 1.54) is 71.9 Å². The van der Waals surface area contributed by atoms with Crippen LogP contribution in [0, 0.1) is 0 Å². The smallest absolute Gasteiger partial charge is 0.332 e. The van der Waals surface area contributed by atoms with E-state index in [-0.39, 0.29) is 50.9 Å². The quantitative estimate of drug-likeness (QED) is 0.0153. The summed E-state index contributed by atoms with van der Waals surface area (Å²) in [6.07, 6.45) is 0. The summed E-state index contributed by atoms with van der Waals surface area (Å²) in [5.41, 5.74) is 4.49. The molecule has 0 unspecified atom stereocenters. The minimum absolute atomic E-state index is 0.0583. The molecule has 8 rings (SSSR count). The summed E-state index contributed by atoms with van der Waals surface area (Å²) in [6, 6.07) is 31.4. The first kappa shape index (κ1) is 86.6. The molecule has 2 aromatic heterocycles. The number of aromatic nitrogens is 2. The van der Waals surface area contributed by atoms with Crippen molar-refractivity contribution in [1.82, 2.24) is 19.8 Å². The van der Waals surface area contributed by atoms with Crippen LogP contribution < -0.4 is 62.0 Å². The fourth-order valence-electron chi connectivity index (χ4n) is 10.6. The molecule has 0 fully saturated rings. The number of hydrogen-bond acceptors (Lipinski definition) is 26. The molecule has 2 heterocycles. The van der Waals surface area contributed by atoms with Crippen molar-refractivity contribution in [2.24, 2.45) is 14.1 Å². The van der Waals surface area contributed by atoms with Gasteiger partial charge in [-0.15, -0.1) is 7.77 Å². The van der Waals surface area contributed by atoms with E-state index >= 15 is 0 Å². The molecule has 0 radical (unpaired) electrons. The Bertz CT molecular complexity index is 4390. The number of nitrogens with zero attached hydrogens (tertiary/aromatic N) is 2. The van der Waals surface area contributed by atoms with Crippen LogP contribution in [0.4, 0.5) is 41.9 Å². The molecule has 110 heavy (non-hydrogen) atoms. The van der Waals surface area contributed by atoms with Crippen LogP contribution in [-0.2, 0) is 105 Å². The maximum Gasteiger partial charge on any atom is 0.332 e. The number of benzene rings is 6. The molecule has 36 heteroatoms. The first-order valence-electron chi connectivity index (χ1n) is 34.8. The minimum atomic E-state index is -4.86. The van der Waals surface area contributed by atoms with Gasteiger partial charge in [0.2, 0.25) is 0 Å². The molecule has 0 spiro atoms. The number of carbonyl (C=O) groups is 2. The van der Waals surface area contributed by atoms with Crippen molar-refractivity contribution in [3.63, 3.8) is 0 Å². The van der Waals surface area contributed by atoms with E-state index in [4.69, 9.17) is 89.5 Å². The first-order chi connectivity index (χ1) is 53.1. The monoisotopic (exact) mass is 1610 g/mol. The number of fused-ring (bicyclic) bond motifs is 2. The Balaban J connectivity index is 0.555. The van der Waals surface area contributed by atoms with E-state index in [1.54, 1.807) is 86.9 Å².